The van der Waals surface area contributed by atoms with Crippen molar-refractivity contribution in [2.45, 2.75) is 13.5 Å². The highest BCUT2D eigenvalue weighted by Gasteiger charge is 2.19. The van der Waals surface area contributed by atoms with Gasteiger partial charge in [-0.15, -0.1) is 11.3 Å². The van der Waals surface area contributed by atoms with Crippen LogP contribution < -0.4 is 5.56 Å². The fourth-order valence-electron chi connectivity index (χ4n) is 3.80. The number of benzene rings is 2. The van der Waals surface area contributed by atoms with Gasteiger partial charge in [-0.2, -0.15) is 5.10 Å². The van der Waals surface area contributed by atoms with Crippen molar-refractivity contribution in [2.75, 3.05) is 0 Å². The first-order valence-electron chi connectivity index (χ1n) is 10.2. The molecule has 0 unspecified atom stereocenters. The Morgan fingerprint density at radius 2 is 1.82 bits per heavy atom. The van der Waals surface area contributed by atoms with E-state index in [1.54, 1.807) is 4.40 Å². The summed E-state index contributed by atoms with van der Waals surface area (Å²) in [6, 6.07) is 20.7. The van der Waals surface area contributed by atoms with Crippen molar-refractivity contribution < 1.29 is 9.53 Å². The van der Waals surface area contributed by atoms with E-state index < -0.39 is 5.97 Å². The average molecular weight is 473 g/mol. The number of hydrogen-bond acceptors (Lipinski definition) is 7. The Morgan fingerprint density at radius 1 is 1.03 bits per heavy atom. The van der Waals surface area contributed by atoms with Gasteiger partial charge in [-0.3, -0.25) is 9.20 Å². The molecule has 6 rings (SSSR count). The molecule has 0 atom stereocenters. The van der Waals surface area contributed by atoms with Gasteiger partial charge in [0.15, 0.2) is 4.96 Å². The van der Waals surface area contributed by atoms with Crippen molar-refractivity contribution in [2.24, 2.45) is 0 Å². The van der Waals surface area contributed by atoms with Gasteiger partial charge in [0.2, 0.25) is 0 Å². The van der Waals surface area contributed by atoms with Gasteiger partial charge in [-0.05, 0) is 37.3 Å². The first-order chi connectivity index (χ1) is 16.1. The standard InChI is InChI=1S/C24H16N4O3S2/c1-14-17-12-20(32-22(17)28(26-14)16-7-3-2-4-8-16)23(30)31-13-15-11-21(29)27-18-9-5-6-10-19(18)33-24(27)25-15/h2-12H,13H2,1H3. The van der Waals surface area contributed by atoms with Gasteiger partial charge in [0.05, 0.1) is 27.3 Å². The van der Waals surface area contributed by atoms with Crippen molar-refractivity contribution in [1.82, 2.24) is 19.2 Å². The molecule has 4 aromatic heterocycles. The van der Waals surface area contributed by atoms with Gasteiger partial charge in [-0.25, -0.2) is 14.5 Å². The summed E-state index contributed by atoms with van der Waals surface area (Å²) < 4.78 is 9.90. The minimum absolute atomic E-state index is 0.0726. The fraction of sp³-hybridized carbons (Fsp3) is 0.0833. The molecular weight excluding hydrogens is 456 g/mol. The van der Waals surface area contributed by atoms with Gasteiger partial charge < -0.3 is 4.74 Å². The zero-order valence-corrected chi connectivity index (χ0v) is 19.0. The molecule has 0 saturated heterocycles. The van der Waals surface area contributed by atoms with Crippen LogP contribution in [-0.4, -0.2) is 25.1 Å². The molecule has 0 aliphatic rings. The molecule has 0 bridgehead atoms. The Labute approximate surface area is 195 Å². The lowest BCUT2D eigenvalue weighted by Gasteiger charge is -2.04. The minimum atomic E-state index is -0.450. The highest BCUT2D eigenvalue weighted by molar-refractivity contribution is 7.23. The number of aromatic nitrogens is 4. The normalized spacial score (nSPS) is 11.5. The van der Waals surface area contributed by atoms with Crippen LogP contribution in [0, 0.1) is 6.92 Å². The molecule has 0 N–H and O–H groups in total. The highest BCUT2D eigenvalue weighted by atomic mass is 32.1. The monoisotopic (exact) mass is 472 g/mol. The van der Waals surface area contributed by atoms with E-state index in [1.807, 2.05) is 72.3 Å². The van der Waals surface area contributed by atoms with Crippen LogP contribution in [0.2, 0.25) is 0 Å². The van der Waals surface area contributed by atoms with E-state index in [4.69, 9.17) is 4.74 Å². The largest absolute Gasteiger partial charge is 0.455 e. The van der Waals surface area contributed by atoms with E-state index in [1.165, 1.54) is 28.7 Å². The van der Waals surface area contributed by atoms with Crippen LogP contribution in [0.1, 0.15) is 21.1 Å². The summed E-state index contributed by atoms with van der Waals surface area (Å²) in [5, 5.41) is 5.52. The second-order valence-corrected chi connectivity index (χ2v) is 9.55. The molecule has 0 spiro atoms. The molecule has 33 heavy (non-hydrogen) atoms. The van der Waals surface area contributed by atoms with E-state index in [0.717, 1.165) is 31.8 Å². The smallest absolute Gasteiger partial charge is 0.348 e. The first-order valence-corrected chi connectivity index (χ1v) is 11.8. The number of ether oxygens (including phenoxy) is 1. The topological polar surface area (TPSA) is 78.5 Å². The molecule has 0 saturated carbocycles. The van der Waals surface area contributed by atoms with E-state index in [9.17, 15) is 9.59 Å². The fourth-order valence-corrected chi connectivity index (χ4v) is 5.93. The van der Waals surface area contributed by atoms with Crippen LogP contribution >= 0.6 is 22.7 Å². The summed E-state index contributed by atoms with van der Waals surface area (Å²) in [4.78, 5) is 31.9. The zero-order valence-electron chi connectivity index (χ0n) is 17.4. The third-order valence-corrected chi connectivity index (χ3v) is 7.46. The Morgan fingerprint density at radius 3 is 2.67 bits per heavy atom. The lowest BCUT2D eigenvalue weighted by molar-refractivity contribution is 0.0473. The van der Waals surface area contributed by atoms with Gasteiger partial charge >= 0.3 is 5.97 Å². The van der Waals surface area contributed by atoms with Gasteiger partial charge in [0.25, 0.3) is 5.56 Å². The number of carbonyl (C=O) groups is 1. The molecule has 4 heterocycles. The Bertz CT molecular complexity index is 1730. The number of esters is 1. The number of rotatable bonds is 4. The summed E-state index contributed by atoms with van der Waals surface area (Å²) in [6.07, 6.45) is 0. The Hall–Kier alpha value is -3.82. The zero-order chi connectivity index (χ0) is 22.5. The molecule has 0 aliphatic carbocycles. The van der Waals surface area contributed by atoms with Gasteiger partial charge in [-0.1, -0.05) is 41.7 Å². The summed E-state index contributed by atoms with van der Waals surface area (Å²) >= 11 is 2.76. The summed E-state index contributed by atoms with van der Waals surface area (Å²) in [7, 11) is 0. The van der Waals surface area contributed by atoms with E-state index in [-0.39, 0.29) is 12.2 Å². The number of para-hydroxylation sites is 2. The second-order valence-electron chi connectivity index (χ2n) is 7.51. The molecule has 0 radical (unpaired) electrons. The molecular formula is C24H16N4O3S2. The summed E-state index contributed by atoms with van der Waals surface area (Å²) in [6.45, 7) is 1.85. The van der Waals surface area contributed by atoms with Crippen molar-refractivity contribution in [3.05, 3.63) is 93.3 Å². The van der Waals surface area contributed by atoms with Crippen molar-refractivity contribution in [3.8, 4) is 5.69 Å². The number of fused-ring (bicyclic) bond motifs is 4. The molecule has 0 fully saturated rings. The lowest BCUT2D eigenvalue weighted by atomic mass is 10.3. The maximum Gasteiger partial charge on any atom is 0.348 e. The van der Waals surface area contributed by atoms with Crippen LogP contribution in [0.25, 0.3) is 31.1 Å². The van der Waals surface area contributed by atoms with E-state index in [0.29, 0.717) is 15.5 Å². The quantitative estimate of drug-likeness (QED) is 0.338. The molecule has 2 aromatic carbocycles. The number of thiazole rings is 1. The molecule has 6 aromatic rings. The number of hydrogen-bond donors (Lipinski definition) is 0. The van der Waals surface area contributed by atoms with Crippen LogP contribution in [0.5, 0.6) is 0 Å². The average Bonchev–Trinajstić information content (AvgIpc) is 3.51. The lowest BCUT2D eigenvalue weighted by Crippen LogP contribution is -2.15. The van der Waals surface area contributed by atoms with Gasteiger partial charge in [0.1, 0.15) is 16.3 Å². The minimum Gasteiger partial charge on any atom is -0.455 e. The van der Waals surface area contributed by atoms with Crippen molar-refractivity contribution >= 4 is 54.0 Å². The molecule has 0 aliphatic heterocycles. The molecule has 9 heteroatoms. The van der Waals surface area contributed by atoms with E-state index in [2.05, 4.69) is 10.1 Å². The predicted octanol–water partition coefficient (Wildman–Crippen LogP) is 4.98. The maximum atomic E-state index is 12.8. The molecule has 0 amide bonds. The third-order valence-electron chi connectivity index (χ3n) is 5.35. The van der Waals surface area contributed by atoms with Crippen LogP contribution in [0.3, 0.4) is 0 Å². The number of nitrogens with zero attached hydrogens (tertiary/aromatic N) is 4. The summed E-state index contributed by atoms with van der Waals surface area (Å²) in [5.74, 6) is -0.450. The van der Waals surface area contributed by atoms with Crippen molar-refractivity contribution in [3.63, 3.8) is 0 Å². The molecule has 7 nitrogen and oxygen atoms in total. The van der Waals surface area contributed by atoms with Crippen LogP contribution in [-0.2, 0) is 11.3 Å². The number of thiophene rings is 1. The SMILES string of the molecule is Cc1nn(-c2ccccc2)c2sc(C(=O)OCc3cc(=O)n4c(n3)sc3ccccc34)cc12. The molecule has 162 valence electrons. The highest BCUT2D eigenvalue weighted by Crippen LogP contribution is 2.31. The summed E-state index contributed by atoms with van der Waals surface area (Å²) in [5.41, 5.74) is 2.83. The van der Waals surface area contributed by atoms with Gasteiger partial charge in [0, 0.05) is 11.5 Å². The second kappa shape index (κ2) is 7.65. The number of carbonyl (C=O) groups excluding carboxylic acids is 1. The Balaban J connectivity index is 1.28. The number of aryl methyl sites for hydroxylation is 1. The van der Waals surface area contributed by atoms with Crippen LogP contribution in [0.15, 0.2) is 71.5 Å². The predicted molar refractivity (Wildman–Crippen MR) is 130 cm³/mol. The third kappa shape index (κ3) is 3.33. The first kappa shape index (κ1) is 19.8. The maximum absolute atomic E-state index is 12.8. The van der Waals surface area contributed by atoms with E-state index >= 15 is 0 Å². The van der Waals surface area contributed by atoms with Crippen molar-refractivity contribution in [1.29, 1.82) is 0 Å². The van der Waals surface area contributed by atoms with Crippen LogP contribution in [0.4, 0.5) is 0 Å². The Kier molecular flexibility index (Phi) is 4.60.